The molecule has 0 aromatic heterocycles. The summed E-state index contributed by atoms with van der Waals surface area (Å²) in [6, 6.07) is 7.38. The molecule has 1 heterocycles. The Kier molecular flexibility index (Phi) is 9.44. The van der Waals surface area contributed by atoms with Crippen molar-refractivity contribution in [3.05, 3.63) is 29.8 Å². The van der Waals surface area contributed by atoms with Crippen LogP contribution in [0.1, 0.15) is 24.8 Å². The zero-order valence-electron chi connectivity index (χ0n) is 14.3. The number of carbonyl (C=O) groups is 2. The molecule has 140 valence electrons. The van der Waals surface area contributed by atoms with Gasteiger partial charge in [-0.25, -0.2) is 0 Å². The van der Waals surface area contributed by atoms with Crippen LogP contribution < -0.4 is 16.4 Å². The first kappa shape index (κ1) is 21.4. The molecule has 2 unspecified atom stereocenters. The molecule has 1 aliphatic rings. The monoisotopic (exact) mass is 371 g/mol. The highest BCUT2D eigenvalue weighted by Crippen LogP contribution is 2.16. The highest BCUT2D eigenvalue weighted by molar-refractivity contribution is 5.94. The minimum absolute atomic E-state index is 0. The zero-order chi connectivity index (χ0) is 17.4. The molecule has 1 aliphatic heterocycles. The average Bonchev–Trinajstić information content (AvgIpc) is 3.13. The molecule has 1 aromatic rings. The van der Waals surface area contributed by atoms with Gasteiger partial charge in [0.25, 0.3) is 5.91 Å². The summed E-state index contributed by atoms with van der Waals surface area (Å²) in [5.41, 5.74) is 7.09. The number of carbonyl (C=O) groups excluding carboxylic acids is 2. The van der Waals surface area contributed by atoms with Crippen molar-refractivity contribution in [3.63, 3.8) is 0 Å². The van der Waals surface area contributed by atoms with Crippen LogP contribution in [0.5, 0.6) is 0 Å². The Balaban J connectivity index is 0.00000312. The maximum Gasteiger partial charge on any atom is 0.253 e. The predicted molar refractivity (Wildman–Crippen MR) is 97.6 cm³/mol. The van der Waals surface area contributed by atoms with Gasteiger partial charge in [0.05, 0.1) is 12.5 Å². The largest absolute Gasteiger partial charge is 0.380 e. The molecule has 1 aromatic carbocycles. The van der Waals surface area contributed by atoms with E-state index < -0.39 is 0 Å². The first-order valence-electron chi connectivity index (χ1n) is 8.13. The van der Waals surface area contributed by atoms with E-state index in [-0.39, 0.29) is 42.9 Å². The van der Waals surface area contributed by atoms with Crippen molar-refractivity contribution in [3.8, 4) is 0 Å². The first-order valence-corrected chi connectivity index (χ1v) is 8.13. The van der Waals surface area contributed by atoms with E-state index in [0.29, 0.717) is 25.4 Å². The highest BCUT2D eigenvalue weighted by atomic mass is 35.5. The Morgan fingerprint density at radius 2 is 2.24 bits per heavy atom. The number of nitrogens with one attached hydrogen (secondary N) is 2. The minimum Gasteiger partial charge on any atom is -0.380 e. The lowest BCUT2D eigenvalue weighted by atomic mass is 10.1. The van der Waals surface area contributed by atoms with Crippen molar-refractivity contribution in [2.75, 3.05) is 25.6 Å². The number of nitrogens with two attached hydrogens (primary N) is 1. The van der Waals surface area contributed by atoms with Gasteiger partial charge in [0.2, 0.25) is 5.91 Å². The van der Waals surface area contributed by atoms with Crippen LogP contribution in [-0.4, -0.2) is 44.3 Å². The number of rotatable bonds is 8. The van der Waals surface area contributed by atoms with Gasteiger partial charge < -0.3 is 25.8 Å². The second-order valence-electron chi connectivity index (χ2n) is 5.77. The van der Waals surface area contributed by atoms with Gasteiger partial charge in [-0.15, -0.1) is 12.4 Å². The van der Waals surface area contributed by atoms with E-state index in [1.807, 2.05) is 24.3 Å². The molecule has 0 saturated carbocycles. The molecule has 0 radical (unpaired) electrons. The molecule has 25 heavy (non-hydrogen) atoms. The number of methoxy groups -OCH3 is 1. The number of hydrogen-bond acceptors (Lipinski definition) is 5. The van der Waals surface area contributed by atoms with E-state index in [2.05, 4.69) is 10.6 Å². The Hall–Kier alpha value is -1.67. The molecule has 1 saturated heterocycles. The number of anilines is 1. The fourth-order valence-corrected chi connectivity index (χ4v) is 2.51. The van der Waals surface area contributed by atoms with Crippen LogP contribution in [0, 0.1) is 0 Å². The van der Waals surface area contributed by atoms with Gasteiger partial charge >= 0.3 is 0 Å². The Morgan fingerprint density at radius 1 is 1.44 bits per heavy atom. The number of halogens is 1. The molecule has 7 nitrogen and oxygen atoms in total. The Labute approximate surface area is 154 Å². The third-order valence-electron chi connectivity index (χ3n) is 3.92. The van der Waals surface area contributed by atoms with Gasteiger partial charge in [-0.2, -0.15) is 0 Å². The Morgan fingerprint density at radius 3 is 2.88 bits per heavy atom. The van der Waals surface area contributed by atoms with Crippen LogP contribution in [0.3, 0.4) is 0 Å². The normalized spacial score (nSPS) is 17.4. The van der Waals surface area contributed by atoms with Gasteiger partial charge in [0.1, 0.15) is 6.10 Å². The van der Waals surface area contributed by atoms with E-state index in [9.17, 15) is 9.59 Å². The Bertz CT molecular complexity index is 561. The molecule has 1 fully saturated rings. The van der Waals surface area contributed by atoms with Gasteiger partial charge in [-0.05, 0) is 30.5 Å². The second kappa shape index (κ2) is 11.0. The van der Waals surface area contributed by atoms with Crippen molar-refractivity contribution in [1.29, 1.82) is 0 Å². The lowest BCUT2D eigenvalue weighted by molar-refractivity contribution is -0.125. The number of benzene rings is 1. The predicted octanol–water partition coefficient (Wildman–Crippen LogP) is 1.21. The molecule has 2 atom stereocenters. The SMILES string of the molecule is COC(CN)CC(=O)NCc1cccc(NC(=O)C2CCCO2)c1.Cl. The maximum atomic E-state index is 12.0. The van der Waals surface area contributed by atoms with E-state index in [0.717, 1.165) is 18.4 Å². The molecule has 0 aliphatic carbocycles. The summed E-state index contributed by atoms with van der Waals surface area (Å²) < 4.78 is 10.5. The molecule has 0 spiro atoms. The van der Waals surface area contributed by atoms with Crippen LogP contribution >= 0.6 is 12.4 Å². The van der Waals surface area contributed by atoms with Crippen LogP contribution in [0.15, 0.2) is 24.3 Å². The van der Waals surface area contributed by atoms with Gasteiger partial charge in [-0.3, -0.25) is 9.59 Å². The summed E-state index contributed by atoms with van der Waals surface area (Å²) in [4.78, 5) is 23.9. The lowest BCUT2D eigenvalue weighted by Crippen LogP contribution is -2.32. The van der Waals surface area contributed by atoms with Crippen LogP contribution in [-0.2, 0) is 25.6 Å². The number of amides is 2. The fraction of sp³-hybridized carbons (Fsp3) is 0.529. The lowest BCUT2D eigenvalue weighted by Gasteiger charge is -2.13. The van der Waals surface area contributed by atoms with Crippen LogP contribution in [0.25, 0.3) is 0 Å². The van der Waals surface area contributed by atoms with Crippen molar-refractivity contribution in [2.45, 2.75) is 38.0 Å². The summed E-state index contributed by atoms with van der Waals surface area (Å²) in [7, 11) is 1.53. The van der Waals surface area contributed by atoms with E-state index in [1.54, 1.807) is 0 Å². The average molecular weight is 372 g/mol. The molecule has 2 rings (SSSR count). The summed E-state index contributed by atoms with van der Waals surface area (Å²) in [6.07, 6.45) is 1.25. The summed E-state index contributed by atoms with van der Waals surface area (Å²) in [5, 5.41) is 5.67. The smallest absolute Gasteiger partial charge is 0.253 e. The maximum absolute atomic E-state index is 12.0. The zero-order valence-corrected chi connectivity index (χ0v) is 15.1. The molecule has 4 N–H and O–H groups in total. The highest BCUT2D eigenvalue weighted by Gasteiger charge is 2.23. The van der Waals surface area contributed by atoms with E-state index in [1.165, 1.54) is 7.11 Å². The summed E-state index contributed by atoms with van der Waals surface area (Å²) in [5.74, 6) is -0.249. The number of hydrogen-bond donors (Lipinski definition) is 3. The van der Waals surface area contributed by atoms with Gasteiger partial charge in [0.15, 0.2) is 0 Å². The van der Waals surface area contributed by atoms with Gasteiger partial charge in [0, 0.05) is 32.5 Å². The van der Waals surface area contributed by atoms with Crippen LogP contribution in [0.4, 0.5) is 5.69 Å². The topological polar surface area (TPSA) is 103 Å². The first-order chi connectivity index (χ1) is 11.6. The van der Waals surface area contributed by atoms with Crippen molar-refractivity contribution in [1.82, 2.24) is 5.32 Å². The quantitative estimate of drug-likeness (QED) is 0.637. The van der Waals surface area contributed by atoms with Gasteiger partial charge in [-0.1, -0.05) is 12.1 Å². The molecule has 2 amide bonds. The standard InChI is InChI=1S/C17H25N3O4.ClH/c1-23-14(10-18)9-16(21)19-11-12-4-2-5-13(8-12)20-17(22)15-6-3-7-24-15;/h2,4-5,8,14-15H,3,6-7,9-11,18H2,1H3,(H,19,21)(H,20,22);1H. The molecule has 0 bridgehead atoms. The molecular formula is C17H26ClN3O4. The van der Waals surface area contributed by atoms with Crippen molar-refractivity contribution < 1.29 is 19.1 Å². The molecular weight excluding hydrogens is 346 g/mol. The third-order valence-corrected chi connectivity index (χ3v) is 3.92. The third kappa shape index (κ3) is 6.99. The molecule has 8 heteroatoms. The minimum atomic E-state index is -0.365. The fourth-order valence-electron chi connectivity index (χ4n) is 2.51. The summed E-state index contributed by atoms with van der Waals surface area (Å²) in [6.45, 7) is 1.31. The van der Waals surface area contributed by atoms with Crippen molar-refractivity contribution >= 4 is 29.9 Å². The number of ether oxygens (including phenoxy) is 2. The second-order valence-corrected chi connectivity index (χ2v) is 5.77. The van der Waals surface area contributed by atoms with Crippen LogP contribution in [0.2, 0.25) is 0 Å². The summed E-state index contributed by atoms with van der Waals surface area (Å²) >= 11 is 0. The van der Waals surface area contributed by atoms with E-state index in [4.69, 9.17) is 15.2 Å². The van der Waals surface area contributed by atoms with Crippen molar-refractivity contribution in [2.24, 2.45) is 5.73 Å². The van der Waals surface area contributed by atoms with E-state index >= 15 is 0 Å².